The molecule has 2 aromatic carbocycles. The Bertz CT molecular complexity index is 527. The van der Waals surface area contributed by atoms with Crippen molar-refractivity contribution >= 4 is 5.69 Å². The van der Waals surface area contributed by atoms with Crippen LogP contribution in [0.1, 0.15) is 24.5 Å². The smallest absolute Gasteiger partial charge is 0.142 e. The van der Waals surface area contributed by atoms with Crippen molar-refractivity contribution in [2.45, 2.75) is 25.6 Å². The fraction of sp³-hybridized carbons (Fsp3) is 0.250. The van der Waals surface area contributed by atoms with Crippen LogP contribution < -0.4 is 11.1 Å². The van der Waals surface area contributed by atoms with Gasteiger partial charge in [0.25, 0.3) is 0 Å². The second-order valence-electron chi connectivity index (χ2n) is 4.63. The van der Waals surface area contributed by atoms with Crippen molar-refractivity contribution in [2.75, 3.05) is 5.73 Å². The average Bonchev–Trinajstić information content (AvgIpc) is 2.47. The van der Waals surface area contributed by atoms with Gasteiger partial charge in [0.05, 0.1) is 0 Å². The van der Waals surface area contributed by atoms with Crippen LogP contribution in [0.3, 0.4) is 0 Å². The van der Waals surface area contributed by atoms with Gasteiger partial charge >= 0.3 is 0 Å². The Hall–Kier alpha value is -1.84. The van der Waals surface area contributed by atoms with Crippen LogP contribution in [0.5, 0.6) is 0 Å². The number of aliphatic hydroxyl groups is 1. The Balaban J connectivity index is 2.14. The van der Waals surface area contributed by atoms with Crippen LogP contribution in [0.4, 0.5) is 5.69 Å². The highest BCUT2D eigenvalue weighted by Gasteiger charge is 2.26. The number of nitrogens with one attached hydrogen (secondary N) is 1. The molecule has 0 radical (unpaired) electrons. The summed E-state index contributed by atoms with van der Waals surface area (Å²) in [4.78, 5) is 0. The van der Waals surface area contributed by atoms with Gasteiger partial charge in [0.15, 0.2) is 0 Å². The van der Waals surface area contributed by atoms with Gasteiger partial charge in [0.1, 0.15) is 5.72 Å². The predicted octanol–water partition coefficient (Wildman–Crippen LogP) is 2.61. The Morgan fingerprint density at radius 1 is 1.05 bits per heavy atom. The topological polar surface area (TPSA) is 58.3 Å². The number of anilines is 1. The van der Waals surface area contributed by atoms with Crippen molar-refractivity contribution in [3.63, 3.8) is 0 Å². The van der Waals surface area contributed by atoms with Gasteiger partial charge in [-0.15, -0.1) is 0 Å². The molecule has 19 heavy (non-hydrogen) atoms. The molecular formula is C16H20N2O. The number of rotatable bonds is 5. The third-order valence-corrected chi connectivity index (χ3v) is 3.39. The largest absolute Gasteiger partial charge is 0.398 e. The first-order valence-corrected chi connectivity index (χ1v) is 6.52. The van der Waals surface area contributed by atoms with E-state index in [1.165, 1.54) is 0 Å². The van der Waals surface area contributed by atoms with E-state index in [2.05, 4.69) is 5.32 Å². The minimum atomic E-state index is -1.02. The summed E-state index contributed by atoms with van der Waals surface area (Å²) in [6.07, 6.45) is 0.587. The van der Waals surface area contributed by atoms with Gasteiger partial charge in [-0.2, -0.15) is 0 Å². The SMILES string of the molecule is CCC(O)(NCc1ccccc1N)c1ccccc1. The molecule has 0 saturated carbocycles. The van der Waals surface area contributed by atoms with Crippen molar-refractivity contribution in [3.8, 4) is 0 Å². The molecule has 3 nitrogen and oxygen atoms in total. The van der Waals surface area contributed by atoms with Crippen molar-refractivity contribution in [2.24, 2.45) is 0 Å². The summed E-state index contributed by atoms with van der Waals surface area (Å²) in [7, 11) is 0. The van der Waals surface area contributed by atoms with Crippen LogP contribution in [0.2, 0.25) is 0 Å². The summed E-state index contributed by atoms with van der Waals surface area (Å²) in [5, 5.41) is 13.9. The molecule has 1 unspecified atom stereocenters. The van der Waals surface area contributed by atoms with Gasteiger partial charge < -0.3 is 10.8 Å². The first-order valence-electron chi connectivity index (χ1n) is 6.52. The highest BCUT2D eigenvalue weighted by atomic mass is 16.3. The van der Waals surface area contributed by atoms with Gasteiger partial charge in [-0.3, -0.25) is 5.32 Å². The number of hydrogen-bond acceptors (Lipinski definition) is 3. The second-order valence-corrected chi connectivity index (χ2v) is 4.63. The Kier molecular flexibility index (Phi) is 4.20. The van der Waals surface area contributed by atoms with Crippen LogP contribution in [0.15, 0.2) is 54.6 Å². The minimum absolute atomic E-state index is 0.534. The molecule has 0 aliphatic rings. The molecule has 100 valence electrons. The van der Waals surface area contributed by atoms with Crippen molar-refractivity contribution in [1.82, 2.24) is 5.32 Å². The minimum Gasteiger partial charge on any atom is -0.398 e. The third kappa shape index (κ3) is 3.13. The highest BCUT2D eigenvalue weighted by Crippen LogP contribution is 2.22. The molecule has 0 spiro atoms. The molecule has 3 heteroatoms. The van der Waals surface area contributed by atoms with E-state index in [9.17, 15) is 5.11 Å². The molecule has 0 fully saturated rings. The quantitative estimate of drug-likeness (QED) is 0.569. The molecule has 0 saturated heterocycles. The number of hydrogen-bond donors (Lipinski definition) is 3. The van der Waals surface area contributed by atoms with E-state index in [4.69, 9.17) is 5.73 Å². The zero-order valence-electron chi connectivity index (χ0n) is 11.1. The van der Waals surface area contributed by atoms with Crippen LogP contribution in [0.25, 0.3) is 0 Å². The van der Waals surface area contributed by atoms with Gasteiger partial charge in [0, 0.05) is 12.2 Å². The van der Waals surface area contributed by atoms with Crippen LogP contribution in [-0.4, -0.2) is 5.11 Å². The summed E-state index contributed by atoms with van der Waals surface area (Å²) in [5.74, 6) is 0. The molecule has 0 heterocycles. The maximum atomic E-state index is 10.7. The number of benzene rings is 2. The first kappa shape index (κ1) is 13.6. The van der Waals surface area contributed by atoms with Gasteiger partial charge in [0.2, 0.25) is 0 Å². The lowest BCUT2D eigenvalue weighted by molar-refractivity contribution is -0.00563. The van der Waals surface area contributed by atoms with E-state index < -0.39 is 5.72 Å². The molecule has 0 bridgehead atoms. The van der Waals surface area contributed by atoms with Crippen molar-refractivity contribution in [3.05, 3.63) is 65.7 Å². The first-order chi connectivity index (χ1) is 9.15. The number of nitrogens with two attached hydrogens (primary N) is 1. The van der Waals surface area contributed by atoms with E-state index in [1.807, 2.05) is 61.5 Å². The normalized spacial score (nSPS) is 14.0. The molecule has 0 aliphatic heterocycles. The van der Waals surface area contributed by atoms with Gasteiger partial charge in [-0.05, 0) is 23.6 Å². The summed E-state index contributed by atoms with van der Waals surface area (Å²) >= 11 is 0. The summed E-state index contributed by atoms with van der Waals surface area (Å²) in [6, 6.07) is 17.3. The van der Waals surface area contributed by atoms with E-state index >= 15 is 0 Å². The zero-order chi connectivity index (χ0) is 13.7. The molecule has 4 N–H and O–H groups in total. The second kappa shape index (κ2) is 5.87. The van der Waals surface area contributed by atoms with Crippen LogP contribution in [-0.2, 0) is 12.3 Å². The van der Waals surface area contributed by atoms with E-state index in [0.29, 0.717) is 13.0 Å². The fourth-order valence-corrected chi connectivity index (χ4v) is 2.08. The lowest BCUT2D eigenvalue weighted by Crippen LogP contribution is -2.41. The highest BCUT2D eigenvalue weighted by molar-refractivity contribution is 5.46. The lowest BCUT2D eigenvalue weighted by Gasteiger charge is -2.29. The molecule has 2 aromatic rings. The molecule has 0 amide bonds. The predicted molar refractivity (Wildman–Crippen MR) is 78.3 cm³/mol. The maximum Gasteiger partial charge on any atom is 0.142 e. The molecule has 1 atom stereocenters. The van der Waals surface area contributed by atoms with Crippen molar-refractivity contribution < 1.29 is 5.11 Å². The molecule has 0 aromatic heterocycles. The summed E-state index contributed by atoms with van der Waals surface area (Å²) < 4.78 is 0. The Morgan fingerprint density at radius 3 is 2.32 bits per heavy atom. The van der Waals surface area contributed by atoms with Gasteiger partial charge in [-0.1, -0.05) is 55.5 Å². The average molecular weight is 256 g/mol. The van der Waals surface area contributed by atoms with Crippen LogP contribution >= 0.6 is 0 Å². The van der Waals surface area contributed by atoms with E-state index in [-0.39, 0.29) is 0 Å². The molecular weight excluding hydrogens is 236 g/mol. The number of nitrogen functional groups attached to an aromatic ring is 1. The Morgan fingerprint density at radius 2 is 1.68 bits per heavy atom. The summed E-state index contributed by atoms with van der Waals surface area (Å²) in [6.45, 7) is 2.49. The lowest BCUT2D eigenvalue weighted by atomic mass is 9.99. The number of para-hydroxylation sites is 1. The van der Waals surface area contributed by atoms with E-state index in [1.54, 1.807) is 0 Å². The standard InChI is InChI=1S/C16H20N2O/c1-2-16(19,14-9-4-3-5-10-14)18-12-13-8-6-7-11-15(13)17/h3-11,18-19H,2,12,17H2,1H3. The molecule has 0 aliphatic carbocycles. The maximum absolute atomic E-state index is 10.7. The zero-order valence-corrected chi connectivity index (χ0v) is 11.1. The van der Waals surface area contributed by atoms with E-state index in [0.717, 1.165) is 16.8 Å². The third-order valence-electron chi connectivity index (χ3n) is 3.39. The Labute approximate surface area is 114 Å². The fourth-order valence-electron chi connectivity index (χ4n) is 2.08. The van der Waals surface area contributed by atoms with Gasteiger partial charge in [-0.25, -0.2) is 0 Å². The van der Waals surface area contributed by atoms with Crippen molar-refractivity contribution in [1.29, 1.82) is 0 Å². The van der Waals surface area contributed by atoms with Crippen LogP contribution in [0, 0.1) is 0 Å². The summed E-state index contributed by atoms with van der Waals surface area (Å²) in [5.41, 5.74) is 7.48. The monoisotopic (exact) mass is 256 g/mol. The molecule has 2 rings (SSSR count).